The average molecular weight is 411 g/mol. The van der Waals surface area contributed by atoms with Crippen LogP contribution in [0.15, 0.2) is 59.7 Å². The fourth-order valence-electron chi connectivity index (χ4n) is 2.88. The zero-order chi connectivity index (χ0) is 20.4. The van der Waals surface area contributed by atoms with Crippen molar-refractivity contribution in [1.82, 2.24) is 25.2 Å². The Morgan fingerprint density at radius 1 is 1.17 bits per heavy atom. The smallest absolute Gasteiger partial charge is 0.191 e. The second-order valence-corrected chi connectivity index (χ2v) is 7.88. The van der Waals surface area contributed by atoms with E-state index in [4.69, 9.17) is 9.57 Å². The molecule has 3 aromatic rings. The molecule has 1 N–H and O–H groups in total. The van der Waals surface area contributed by atoms with Crippen molar-refractivity contribution in [2.45, 2.75) is 24.3 Å². The first kappa shape index (κ1) is 19.1. The molecule has 0 fully saturated rings. The summed E-state index contributed by atoms with van der Waals surface area (Å²) in [6, 6.07) is 11.6. The van der Waals surface area contributed by atoms with Gasteiger partial charge in [-0.15, -0.1) is 15.4 Å². The number of benzene rings is 1. The lowest BCUT2D eigenvalue weighted by atomic mass is 10.2. The van der Waals surface area contributed by atoms with Crippen molar-refractivity contribution in [3.05, 3.63) is 60.2 Å². The normalized spacial score (nSPS) is 14.2. The summed E-state index contributed by atoms with van der Waals surface area (Å²) in [6.45, 7) is 4.02. The molecular formula is C20H22N6O2S. The van der Waals surface area contributed by atoms with Crippen molar-refractivity contribution in [1.29, 1.82) is 0 Å². The Kier molecular flexibility index (Phi) is 5.30. The van der Waals surface area contributed by atoms with Crippen LogP contribution in [0.25, 0.3) is 11.4 Å². The summed E-state index contributed by atoms with van der Waals surface area (Å²) in [5.74, 6) is 2.42. The fourth-order valence-corrected chi connectivity index (χ4v) is 3.76. The molecular weight excluding hydrogens is 388 g/mol. The number of hydrogen-bond donors (Lipinski definition) is 1. The van der Waals surface area contributed by atoms with E-state index in [1.807, 2.05) is 61.1 Å². The molecule has 0 aliphatic carbocycles. The summed E-state index contributed by atoms with van der Waals surface area (Å²) < 4.78 is 7.20. The standard InChI is InChI=1S/C20H22N6O2S/c1-13-11-16(9-10-21-13)26-22-12-18(28-26)14(2)29-20-24-23-19(25(20)3)15-5-7-17(27-4)8-6-15/h5-12,14,22H,1-4H3. The van der Waals surface area contributed by atoms with Gasteiger partial charge in [-0.2, -0.15) is 0 Å². The molecule has 2 aromatic heterocycles. The maximum absolute atomic E-state index is 5.96. The highest BCUT2D eigenvalue weighted by atomic mass is 32.2. The van der Waals surface area contributed by atoms with Crippen LogP contribution in [-0.4, -0.2) is 32.1 Å². The van der Waals surface area contributed by atoms with Gasteiger partial charge in [-0.25, -0.2) is 0 Å². The number of methoxy groups -OCH3 is 1. The fraction of sp³-hybridized carbons (Fsp3) is 0.250. The van der Waals surface area contributed by atoms with Crippen LogP contribution in [0.5, 0.6) is 5.75 Å². The van der Waals surface area contributed by atoms with E-state index in [0.29, 0.717) is 0 Å². The Balaban J connectivity index is 1.44. The topological polar surface area (TPSA) is 77.3 Å². The van der Waals surface area contributed by atoms with Crippen molar-refractivity contribution in [2.75, 3.05) is 12.3 Å². The molecule has 1 unspecified atom stereocenters. The number of nitrogens with zero attached hydrogens (tertiary/aromatic N) is 5. The van der Waals surface area contributed by atoms with Gasteiger partial charge < -0.3 is 14.1 Å². The molecule has 150 valence electrons. The van der Waals surface area contributed by atoms with Gasteiger partial charge in [0.25, 0.3) is 0 Å². The van der Waals surface area contributed by atoms with Crippen LogP contribution >= 0.6 is 11.8 Å². The van der Waals surface area contributed by atoms with Gasteiger partial charge in [-0.05, 0) is 50.2 Å². The SMILES string of the molecule is COc1ccc(-c2nnc(SC(C)C3=CNN(c4ccnc(C)c4)O3)n2C)cc1. The van der Waals surface area contributed by atoms with Gasteiger partial charge >= 0.3 is 0 Å². The van der Waals surface area contributed by atoms with Gasteiger partial charge in [0.05, 0.1) is 18.6 Å². The van der Waals surface area contributed by atoms with Crippen LogP contribution in [0.1, 0.15) is 12.6 Å². The maximum Gasteiger partial charge on any atom is 0.191 e. The van der Waals surface area contributed by atoms with Crippen LogP contribution in [0.3, 0.4) is 0 Å². The first-order valence-electron chi connectivity index (χ1n) is 9.12. The highest BCUT2D eigenvalue weighted by Crippen LogP contribution is 2.32. The van der Waals surface area contributed by atoms with Crippen molar-refractivity contribution in [2.24, 2.45) is 7.05 Å². The number of thioether (sulfide) groups is 1. The lowest BCUT2D eigenvalue weighted by Crippen LogP contribution is -2.28. The maximum atomic E-state index is 5.96. The van der Waals surface area contributed by atoms with Crippen LogP contribution in [0, 0.1) is 6.92 Å². The quantitative estimate of drug-likeness (QED) is 0.619. The molecule has 1 aliphatic heterocycles. The monoisotopic (exact) mass is 410 g/mol. The van der Waals surface area contributed by atoms with Crippen molar-refractivity contribution >= 4 is 17.4 Å². The van der Waals surface area contributed by atoms with E-state index >= 15 is 0 Å². The van der Waals surface area contributed by atoms with E-state index < -0.39 is 0 Å². The Hall–Kier alpha value is -3.20. The summed E-state index contributed by atoms with van der Waals surface area (Å²) in [5.41, 5.74) is 5.93. The first-order valence-corrected chi connectivity index (χ1v) is 10.0. The van der Waals surface area contributed by atoms with E-state index in [9.17, 15) is 0 Å². The average Bonchev–Trinajstić information content (AvgIpc) is 3.36. The molecule has 4 rings (SSSR count). The minimum Gasteiger partial charge on any atom is -0.497 e. The molecule has 8 nitrogen and oxygen atoms in total. The van der Waals surface area contributed by atoms with Crippen LogP contribution < -0.4 is 15.3 Å². The summed E-state index contributed by atoms with van der Waals surface area (Å²) in [6.07, 6.45) is 3.61. The molecule has 0 saturated heterocycles. The number of rotatable bonds is 6. The van der Waals surface area contributed by atoms with Gasteiger partial charge in [0, 0.05) is 24.5 Å². The van der Waals surface area contributed by atoms with Gasteiger partial charge in [0.15, 0.2) is 16.7 Å². The Bertz CT molecular complexity index is 1030. The molecule has 0 saturated carbocycles. The van der Waals surface area contributed by atoms with E-state index in [0.717, 1.165) is 39.4 Å². The molecule has 0 bridgehead atoms. The Morgan fingerprint density at radius 3 is 2.69 bits per heavy atom. The number of aromatic nitrogens is 4. The summed E-state index contributed by atoms with van der Waals surface area (Å²) in [4.78, 5) is 10.2. The molecule has 9 heteroatoms. The third kappa shape index (κ3) is 4.00. The predicted octanol–water partition coefficient (Wildman–Crippen LogP) is 3.47. The van der Waals surface area contributed by atoms with Gasteiger partial charge in [0.1, 0.15) is 11.4 Å². The Morgan fingerprint density at radius 2 is 1.97 bits per heavy atom. The molecule has 1 atom stereocenters. The molecule has 0 spiro atoms. The number of ether oxygens (including phenoxy) is 1. The molecule has 0 radical (unpaired) electrons. The van der Waals surface area contributed by atoms with Crippen LogP contribution in [0.4, 0.5) is 5.69 Å². The number of pyridine rings is 1. The highest BCUT2D eigenvalue weighted by Gasteiger charge is 2.24. The van der Waals surface area contributed by atoms with Crippen molar-refractivity contribution in [3.8, 4) is 17.1 Å². The predicted molar refractivity (Wildman–Crippen MR) is 112 cm³/mol. The highest BCUT2D eigenvalue weighted by molar-refractivity contribution is 7.99. The lowest BCUT2D eigenvalue weighted by Gasteiger charge is -2.19. The van der Waals surface area contributed by atoms with E-state index in [-0.39, 0.29) is 5.25 Å². The largest absolute Gasteiger partial charge is 0.497 e. The van der Waals surface area contributed by atoms with Crippen LogP contribution in [0.2, 0.25) is 0 Å². The zero-order valence-electron chi connectivity index (χ0n) is 16.7. The lowest BCUT2D eigenvalue weighted by molar-refractivity contribution is 0.187. The minimum atomic E-state index is 0.0436. The van der Waals surface area contributed by atoms with Gasteiger partial charge in [-0.1, -0.05) is 11.8 Å². The van der Waals surface area contributed by atoms with E-state index in [2.05, 4.69) is 27.5 Å². The number of hydrazine groups is 1. The van der Waals surface area contributed by atoms with Gasteiger partial charge in [-0.3, -0.25) is 10.4 Å². The third-order valence-electron chi connectivity index (χ3n) is 4.50. The second-order valence-electron chi connectivity index (χ2n) is 6.57. The second kappa shape index (κ2) is 8.04. The zero-order valence-corrected chi connectivity index (χ0v) is 17.5. The van der Waals surface area contributed by atoms with E-state index in [1.54, 1.807) is 30.2 Å². The molecule has 1 aliphatic rings. The number of aryl methyl sites for hydroxylation is 1. The Labute approximate surface area is 173 Å². The van der Waals surface area contributed by atoms with Crippen LogP contribution in [-0.2, 0) is 11.9 Å². The number of nitrogens with one attached hydrogen (secondary N) is 1. The number of anilines is 1. The van der Waals surface area contributed by atoms with E-state index in [1.165, 1.54) is 0 Å². The van der Waals surface area contributed by atoms with Crippen molar-refractivity contribution in [3.63, 3.8) is 0 Å². The van der Waals surface area contributed by atoms with Gasteiger partial charge in [0.2, 0.25) is 0 Å². The molecule has 1 aromatic carbocycles. The summed E-state index contributed by atoms with van der Waals surface area (Å²) >= 11 is 1.58. The third-order valence-corrected chi connectivity index (χ3v) is 5.65. The number of hydrogen-bond acceptors (Lipinski definition) is 8. The first-order chi connectivity index (χ1) is 14.0. The molecule has 0 amide bonds. The molecule has 3 heterocycles. The van der Waals surface area contributed by atoms with Crippen molar-refractivity contribution < 1.29 is 9.57 Å². The minimum absolute atomic E-state index is 0.0436. The summed E-state index contributed by atoms with van der Waals surface area (Å²) in [5, 5.41) is 11.2. The molecule has 29 heavy (non-hydrogen) atoms. The summed E-state index contributed by atoms with van der Waals surface area (Å²) in [7, 11) is 3.61.